The van der Waals surface area contributed by atoms with Crippen LogP contribution in [0.25, 0.3) is 10.2 Å². The SMILES string of the molecule is CCC(Nc1nc2cc(C(F)(F)F)ccc2s1)c1noc(C)n1. The van der Waals surface area contributed by atoms with Gasteiger partial charge in [-0.2, -0.15) is 18.2 Å². The zero-order chi connectivity index (χ0) is 16.6. The first-order valence-electron chi connectivity index (χ1n) is 6.91. The molecule has 0 aliphatic carbocycles. The van der Waals surface area contributed by atoms with Gasteiger partial charge in [0.15, 0.2) is 11.0 Å². The third-order valence-corrected chi connectivity index (χ3v) is 4.24. The van der Waals surface area contributed by atoms with E-state index < -0.39 is 11.7 Å². The van der Waals surface area contributed by atoms with E-state index in [9.17, 15) is 13.2 Å². The zero-order valence-electron chi connectivity index (χ0n) is 12.3. The fourth-order valence-electron chi connectivity index (χ4n) is 2.12. The molecule has 1 atom stereocenters. The number of rotatable bonds is 4. The van der Waals surface area contributed by atoms with Gasteiger partial charge < -0.3 is 9.84 Å². The molecule has 0 saturated carbocycles. The summed E-state index contributed by atoms with van der Waals surface area (Å²) in [6.45, 7) is 3.64. The highest BCUT2D eigenvalue weighted by molar-refractivity contribution is 7.22. The van der Waals surface area contributed by atoms with Crippen molar-refractivity contribution in [2.45, 2.75) is 32.5 Å². The molecule has 2 heterocycles. The van der Waals surface area contributed by atoms with E-state index in [0.717, 1.165) is 12.1 Å². The molecule has 23 heavy (non-hydrogen) atoms. The second kappa shape index (κ2) is 5.80. The van der Waals surface area contributed by atoms with Crippen LogP contribution in [0.15, 0.2) is 22.7 Å². The number of aromatic nitrogens is 3. The second-order valence-electron chi connectivity index (χ2n) is 4.98. The van der Waals surface area contributed by atoms with Crippen molar-refractivity contribution in [2.24, 2.45) is 0 Å². The predicted octanol–water partition coefficient (Wildman–Crippen LogP) is 4.57. The molecule has 0 bridgehead atoms. The molecule has 0 saturated heterocycles. The first kappa shape index (κ1) is 15.7. The minimum atomic E-state index is -4.38. The maximum Gasteiger partial charge on any atom is 0.416 e. The average Bonchev–Trinajstić information content (AvgIpc) is 3.08. The van der Waals surface area contributed by atoms with Crippen LogP contribution in [-0.4, -0.2) is 15.1 Å². The van der Waals surface area contributed by atoms with Gasteiger partial charge in [0.05, 0.1) is 21.8 Å². The van der Waals surface area contributed by atoms with E-state index in [1.807, 2.05) is 6.92 Å². The third-order valence-electron chi connectivity index (χ3n) is 3.28. The summed E-state index contributed by atoms with van der Waals surface area (Å²) in [5.74, 6) is 0.958. The number of anilines is 1. The molecule has 5 nitrogen and oxygen atoms in total. The molecule has 0 amide bonds. The molecule has 0 spiro atoms. The summed E-state index contributed by atoms with van der Waals surface area (Å²) in [5, 5.41) is 7.53. The average molecular weight is 342 g/mol. The summed E-state index contributed by atoms with van der Waals surface area (Å²) in [4.78, 5) is 8.39. The summed E-state index contributed by atoms with van der Waals surface area (Å²) in [7, 11) is 0. The van der Waals surface area contributed by atoms with Crippen LogP contribution >= 0.6 is 11.3 Å². The van der Waals surface area contributed by atoms with Crippen LogP contribution in [0.3, 0.4) is 0 Å². The maximum absolute atomic E-state index is 12.7. The van der Waals surface area contributed by atoms with E-state index in [1.165, 1.54) is 17.4 Å². The van der Waals surface area contributed by atoms with Crippen LogP contribution in [0, 0.1) is 6.92 Å². The Morgan fingerprint density at radius 3 is 2.70 bits per heavy atom. The molecule has 1 aromatic carbocycles. The Kier molecular flexibility index (Phi) is 3.97. The van der Waals surface area contributed by atoms with Crippen molar-refractivity contribution in [1.29, 1.82) is 0 Å². The minimum Gasteiger partial charge on any atom is -0.351 e. The highest BCUT2D eigenvalue weighted by Gasteiger charge is 2.30. The Balaban J connectivity index is 1.88. The topological polar surface area (TPSA) is 63.8 Å². The molecule has 122 valence electrons. The number of fused-ring (bicyclic) bond motifs is 1. The number of hydrogen-bond acceptors (Lipinski definition) is 6. The van der Waals surface area contributed by atoms with Gasteiger partial charge in [-0.3, -0.25) is 0 Å². The van der Waals surface area contributed by atoms with E-state index >= 15 is 0 Å². The zero-order valence-corrected chi connectivity index (χ0v) is 13.1. The summed E-state index contributed by atoms with van der Waals surface area (Å²) < 4.78 is 43.9. The Bertz CT molecular complexity index is 827. The Hall–Kier alpha value is -2.16. The first-order chi connectivity index (χ1) is 10.9. The van der Waals surface area contributed by atoms with Gasteiger partial charge in [-0.15, -0.1) is 0 Å². The highest BCUT2D eigenvalue weighted by atomic mass is 32.1. The number of aryl methyl sites for hydroxylation is 1. The molecular weight excluding hydrogens is 329 g/mol. The van der Waals surface area contributed by atoms with Gasteiger partial charge in [-0.1, -0.05) is 23.4 Å². The molecular formula is C14H13F3N4OS. The Morgan fingerprint density at radius 1 is 1.30 bits per heavy atom. The van der Waals surface area contributed by atoms with Crippen molar-refractivity contribution >= 4 is 26.7 Å². The highest BCUT2D eigenvalue weighted by Crippen LogP contribution is 2.34. The van der Waals surface area contributed by atoms with Crippen molar-refractivity contribution in [2.75, 3.05) is 5.32 Å². The van der Waals surface area contributed by atoms with Crippen LogP contribution in [0.1, 0.15) is 36.7 Å². The van der Waals surface area contributed by atoms with Crippen molar-refractivity contribution in [1.82, 2.24) is 15.1 Å². The Labute approximate surface area is 133 Å². The number of hydrogen-bond donors (Lipinski definition) is 1. The largest absolute Gasteiger partial charge is 0.416 e. The molecule has 0 radical (unpaired) electrons. The summed E-state index contributed by atoms with van der Waals surface area (Å²) in [6, 6.07) is 3.33. The van der Waals surface area contributed by atoms with Gasteiger partial charge in [0.1, 0.15) is 0 Å². The van der Waals surface area contributed by atoms with Gasteiger partial charge in [-0.25, -0.2) is 4.98 Å². The summed E-state index contributed by atoms with van der Waals surface area (Å²) in [5.41, 5.74) is -0.394. The molecule has 3 aromatic rings. The molecule has 1 unspecified atom stereocenters. The molecule has 2 aromatic heterocycles. The summed E-state index contributed by atoms with van der Waals surface area (Å²) in [6.07, 6.45) is -3.69. The van der Waals surface area contributed by atoms with Crippen LogP contribution < -0.4 is 5.32 Å². The fourth-order valence-corrected chi connectivity index (χ4v) is 3.02. The van der Waals surface area contributed by atoms with Crippen molar-refractivity contribution in [3.05, 3.63) is 35.5 Å². The van der Waals surface area contributed by atoms with Crippen LogP contribution in [0.5, 0.6) is 0 Å². The first-order valence-corrected chi connectivity index (χ1v) is 7.73. The van der Waals surface area contributed by atoms with Gasteiger partial charge in [-0.05, 0) is 24.6 Å². The normalized spacial score (nSPS) is 13.4. The number of benzene rings is 1. The van der Waals surface area contributed by atoms with E-state index in [2.05, 4.69) is 20.4 Å². The second-order valence-corrected chi connectivity index (χ2v) is 6.01. The van der Waals surface area contributed by atoms with E-state index in [-0.39, 0.29) is 6.04 Å². The quantitative estimate of drug-likeness (QED) is 0.752. The van der Waals surface area contributed by atoms with E-state index in [1.54, 1.807) is 6.92 Å². The lowest BCUT2D eigenvalue weighted by atomic mass is 10.2. The summed E-state index contributed by atoms with van der Waals surface area (Å²) >= 11 is 1.29. The monoisotopic (exact) mass is 342 g/mol. The molecule has 3 rings (SSSR count). The van der Waals surface area contributed by atoms with Gasteiger partial charge in [0.25, 0.3) is 0 Å². The molecule has 0 fully saturated rings. The number of alkyl halides is 3. The lowest BCUT2D eigenvalue weighted by molar-refractivity contribution is -0.137. The molecule has 1 N–H and O–H groups in total. The maximum atomic E-state index is 12.7. The number of nitrogens with zero attached hydrogens (tertiary/aromatic N) is 3. The standard InChI is InChI=1S/C14H13F3N4OS/c1-3-9(12-18-7(2)22-21-12)19-13-20-10-6-8(14(15,16)17)4-5-11(10)23-13/h4-6,9H,3H2,1-2H3,(H,19,20). The van der Waals surface area contributed by atoms with Crippen LogP contribution in [-0.2, 0) is 6.18 Å². The van der Waals surface area contributed by atoms with Crippen LogP contribution in [0.4, 0.5) is 18.3 Å². The molecule has 0 aliphatic rings. The molecule has 0 aliphatic heterocycles. The fraction of sp³-hybridized carbons (Fsp3) is 0.357. The van der Waals surface area contributed by atoms with Gasteiger partial charge >= 0.3 is 6.18 Å². The number of halogens is 3. The van der Waals surface area contributed by atoms with E-state index in [4.69, 9.17) is 4.52 Å². The minimum absolute atomic E-state index is 0.213. The lowest BCUT2D eigenvalue weighted by Gasteiger charge is -2.11. The van der Waals surface area contributed by atoms with E-state index in [0.29, 0.717) is 33.5 Å². The Morgan fingerprint density at radius 2 is 2.09 bits per heavy atom. The third kappa shape index (κ3) is 3.29. The van der Waals surface area contributed by atoms with Gasteiger partial charge in [0.2, 0.25) is 5.89 Å². The van der Waals surface area contributed by atoms with Crippen molar-refractivity contribution in [3.8, 4) is 0 Å². The van der Waals surface area contributed by atoms with Crippen molar-refractivity contribution < 1.29 is 17.7 Å². The van der Waals surface area contributed by atoms with Crippen molar-refractivity contribution in [3.63, 3.8) is 0 Å². The number of thiazole rings is 1. The lowest BCUT2D eigenvalue weighted by Crippen LogP contribution is -2.11. The van der Waals surface area contributed by atoms with Gasteiger partial charge in [0, 0.05) is 6.92 Å². The smallest absolute Gasteiger partial charge is 0.351 e. The predicted molar refractivity (Wildman–Crippen MR) is 80.3 cm³/mol. The number of nitrogens with one attached hydrogen (secondary N) is 1. The van der Waals surface area contributed by atoms with Crippen LogP contribution in [0.2, 0.25) is 0 Å². The molecule has 9 heteroatoms.